The van der Waals surface area contributed by atoms with Crippen molar-refractivity contribution in [2.45, 2.75) is 32.4 Å². The molecule has 0 heterocycles. The van der Waals surface area contributed by atoms with E-state index in [1.165, 1.54) is 18.4 Å². The average molecular weight is 269 g/mol. The predicted octanol–water partition coefficient (Wildman–Crippen LogP) is 2.58. The lowest BCUT2D eigenvalue weighted by molar-refractivity contribution is 0.340. The molecule has 4 heteroatoms. The summed E-state index contributed by atoms with van der Waals surface area (Å²) in [5.41, 5.74) is 1.19. The molecule has 0 aliphatic heterocycles. The molecule has 2 rings (SSSR count). The Balaban J connectivity index is 1.69. The fraction of sp³-hybridized carbons (Fsp3) is 0.571. The van der Waals surface area contributed by atoms with Crippen LogP contribution in [-0.2, 0) is 6.54 Å². The summed E-state index contributed by atoms with van der Waals surface area (Å²) in [5, 5.41) is 7.56. The van der Waals surface area contributed by atoms with Gasteiger partial charge in [-0.3, -0.25) is 0 Å². The van der Waals surface area contributed by atoms with E-state index in [9.17, 15) is 0 Å². The van der Waals surface area contributed by atoms with Crippen LogP contribution < -0.4 is 15.4 Å². The van der Waals surface area contributed by atoms with Gasteiger partial charge in [-0.2, -0.15) is 0 Å². The van der Waals surface area contributed by atoms with Crippen LogP contribution in [0, 0.1) is 0 Å². The molecular formula is C14H21ClN2O. The highest BCUT2D eigenvalue weighted by Gasteiger charge is 2.19. The molecular weight excluding hydrogens is 248 g/mol. The van der Waals surface area contributed by atoms with Crippen molar-refractivity contribution >= 4 is 11.6 Å². The van der Waals surface area contributed by atoms with Crippen LogP contribution in [0.15, 0.2) is 18.2 Å². The summed E-state index contributed by atoms with van der Waals surface area (Å²) in [6.45, 7) is 5.47. The molecule has 18 heavy (non-hydrogen) atoms. The quantitative estimate of drug-likeness (QED) is 0.711. The van der Waals surface area contributed by atoms with Gasteiger partial charge in [0.25, 0.3) is 0 Å². The van der Waals surface area contributed by atoms with E-state index in [4.69, 9.17) is 16.3 Å². The van der Waals surface area contributed by atoms with E-state index >= 15 is 0 Å². The molecule has 1 fully saturated rings. The SMILES string of the molecule is CCOc1ccc(CNCCNC2CC2)cc1Cl. The van der Waals surface area contributed by atoms with Crippen molar-refractivity contribution in [1.29, 1.82) is 0 Å². The third-order valence-electron chi connectivity index (χ3n) is 2.94. The molecule has 1 aromatic carbocycles. The van der Waals surface area contributed by atoms with Gasteiger partial charge in [-0.1, -0.05) is 17.7 Å². The zero-order valence-corrected chi connectivity index (χ0v) is 11.6. The summed E-state index contributed by atoms with van der Waals surface area (Å²) in [7, 11) is 0. The summed E-state index contributed by atoms with van der Waals surface area (Å²) in [4.78, 5) is 0. The van der Waals surface area contributed by atoms with Crippen molar-refractivity contribution in [2.24, 2.45) is 0 Å². The van der Waals surface area contributed by atoms with E-state index in [1.807, 2.05) is 19.1 Å². The minimum absolute atomic E-state index is 0.643. The molecule has 0 saturated heterocycles. The van der Waals surface area contributed by atoms with Gasteiger partial charge >= 0.3 is 0 Å². The lowest BCUT2D eigenvalue weighted by Crippen LogP contribution is -2.28. The van der Waals surface area contributed by atoms with Crippen LogP contribution in [0.25, 0.3) is 0 Å². The molecule has 0 unspecified atom stereocenters. The number of halogens is 1. The molecule has 1 aliphatic carbocycles. The molecule has 1 aliphatic rings. The van der Waals surface area contributed by atoms with Gasteiger partial charge in [0.15, 0.2) is 0 Å². The third kappa shape index (κ3) is 4.48. The van der Waals surface area contributed by atoms with E-state index in [1.54, 1.807) is 0 Å². The van der Waals surface area contributed by atoms with Crippen molar-refractivity contribution in [1.82, 2.24) is 10.6 Å². The van der Waals surface area contributed by atoms with Crippen LogP contribution in [0.2, 0.25) is 5.02 Å². The van der Waals surface area contributed by atoms with Gasteiger partial charge in [0, 0.05) is 25.7 Å². The smallest absolute Gasteiger partial charge is 0.137 e. The topological polar surface area (TPSA) is 33.3 Å². The molecule has 3 nitrogen and oxygen atoms in total. The summed E-state index contributed by atoms with van der Waals surface area (Å²) in [6.07, 6.45) is 2.68. The molecule has 1 saturated carbocycles. The maximum absolute atomic E-state index is 6.13. The van der Waals surface area contributed by atoms with Crippen LogP contribution in [0.1, 0.15) is 25.3 Å². The second-order valence-electron chi connectivity index (χ2n) is 4.60. The van der Waals surface area contributed by atoms with Gasteiger partial charge in [0.2, 0.25) is 0 Å². The minimum Gasteiger partial charge on any atom is -0.492 e. The van der Waals surface area contributed by atoms with Crippen molar-refractivity contribution in [3.8, 4) is 5.75 Å². The van der Waals surface area contributed by atoms with Crippen LogP contribution in [0.5, 0.6) is 5.75 Å². The number of benzene rings is 1. The fourth-order valence-electron chi connectivity index (χ4n) is 1.81. The van der Waals surface area contributed by atoms with Crippen molar-refractivity contribution < 1.29 is 4.74 Å². The lowest BCUT2D eigenvalue weighted by atomic mass is 10.2. The molecule has 100 valence electrons. The molecule has 0 spiro atoms. The summed E-state index contributed by atoms with van der Waals surface area (Å²) in [5.74, 6) is 0.762. The Hall–Kier alpha value is -0.770. The highest BCUT2D eigenvalue weighted by Crippen LogP contribution is 2.25. The highest BCUT2D eigenvalue weighted by molar-refractivity contribution is 6.32. The van der Waals surface area contributed by atoms with E-state index in [0.29, 0.717) is 11.6 Å². The standard InChI is InChI=1S/C14H21ClN2O/c1-2-18-14-6-3-11(9-13(14)15)10-16-7-8-17-12-4-5-12/h3,6,9,12,16-17H,2,4-5,7-8,10H2,1H3. The zero-order valence-electron chi connectivity index (χ0n) is 10.8. The van der Waals surface area contributed by atoms with E-state index < -0.39 is 0 Å². The van der Waals surface area contributed by atoms with Crippen LogP contribution >= 0.6 is 11.6 Å². The average Bonchev–Trinajstić information content (AvgIpc) is 3.16. The lowest BCUT2D eigenvalue weighted by Gasteiger charge is -2.09. The molecule has 1 aromatic rings. The van der Waals surface area contributed by atoms with E-state index in [2.05, 4.69) is 16.7 Å². The van der Waals surface area contributed by atoms with Gasteiger partial charge in [-0.15, -0.1) is 0 Å². The van der Waals surface area contributed by atoms with Crippen molar-refractivity contribution in [3.63, 3.8) is 0 Å². The monoisotopic (exact) mass is 268 g/mol. The number of ether oxygens (including phenoxy) is 1. The number of hydrogen-bond acceptors (Lipinski definition) is 3. The van der Waals surface area contributed by atoms with Crippen LogP contribution in [-0.4, -0.2) is 25.7 Å². The minimum atomic E-state index is 0.643. The Labute approximate surface area is 114 Å². The first-order chi connectivity index (χ1) is 8.79. The Morgan fingerprint density at radius 2 is 2.17 bits per heavy atom. The van der Waals surface area contributed by atoms with Crippen LogP contribution in [0.4, 0.5) is 0 Å². The fourth-order valence-corrected chi connectivity index (χ4v) is 2.07. The van der Waals surface area contributed by atoms with Gasteiger partial charge in [0.05, 0.1) is 11.6 Å². The second-order valence-corrected chi connectivity index (χ2v) is 5.01. The number of rotatable bonds is 8. The Bertz CT molecular complexity index is 380. The van der Waals surface area contributed by atoms with Crippen molar-refractivity contribution in [2.75, 3.05) is 19.7 Å². The summed E-state index contributed by atoms with van der Waals surface area (Å²) >= 11 is 6.13. The largest absolute Gasteiger partial charge is 0.492 e. The first-order valence-corrected chi connectivity index (χ1v) is 7.02. The molecule has 0 radical (unpaired) electrons. The summed E-state index contributed by atoms with van der Waals surface area (Å²) < 4.78 is 5.41. The zero-order chi connectivity index (χ0) is 12.8. The molecule has 0 atom stereocenters. The number of nitrogens with one attached hydrogen (secondary N) is 2. The normalized spacial score (nSPS) is 14.8. The predicted molar refractivity (Wildman–Crippen MR) is 75.4 cm³/mol. The Morgan fingerprint density at radius 1 is 1.33 bits per heavy atom. The number of hydrogen-bond donors (Lipinski definition) is 2. The first-order valence-electron chi connectivity index (χ1n) is 6.65. The van der Waals surface area contributed by atoms with Gasteiger partial charge in [0.1, 0.15) is 5.75 Å². The maximum atomic E-state index is 6.13. The van der Waals surface area contributed by atoms with E-state index in [-0.39, 0.29) is 0 Å². The molecule has 0 amide bonds. The van der Waals surface area contributed by atoms with E-state index in [0.717, 1.165) is 31.4 Å². The molecule has 0 aromatic heterocycles. The van der Waals surface area contributed by atoms with Gasteiger partial charge < -0.3 is 15.4 Å². The molecule has 0 bridgehead atoms. The van der Waals surface area contributed by atoms with Gasteiger partial charge in [-0.25, -0.2) is 0 Å². The Morgan fingerprint density at radius 3 is 2.83 bits per heavy atom. The first kappa shape index (κ1) is 13.7. The van der Waals surface area contributed by atoms with Crippen LogP contribution in [0.3, 0.4) is 0 Å². The maximum Gasteiger partial charge on any atom is 0.137 e. The van der Waals surface area contributed by atoms with Gasteiger partial charge in [-0.05, 0) is 37.5 Å². The third-order valence-corrected chi connectivity index (χ3v) is 3.23. The molecule has 2 N–H and O–H groups in total. The van der Waals surface area contributed by atoms with Crippen molar-refractivity contribution in [3.05, 3.63) is 28.8 Å². The second kappa shape index (κ2) is 6.98. The summed E-state index contributed by atoms with van der Waals surface area (Å²) in [6, 6.07) is 6.74. The highest BCUT2D eigenvalue weighted by atomic mass is 35.5. The Kier molecular flexibility index (Phi) is 5.29.